The third-order valence-electron chi connectivity index (χ3n) is 10.2. The van der Waals surface area contributed by atoms with Gasteiger partial charge in [0.1, 0.15) is 11.6 Å². The Bertz CT molecular complexity index is 2150. The van der Waals surface area contributed by atoms with E-state index in [9.17, 15) is 18.8 Å². The molecule has 2 amide bonds. The van der Waals surface area contributed by atoms with Crippen molar-refractivity contribution in [1.82, 2.24) is 4.98 Å². The number of Topliss-reactive ketones (excluding diaryl/α,β-unsaturated/α-hetero) is 1. The van der Waals surface area contributed by atoms with E-state index in [-0.39, 0.29) is 35.3 Å². The van der Waals surface area contributed by atoms with Gasteiger partial charge in [-0.2, -0.15) is 0 Å². The first-order valence-electron chi connectivity index (χ1n) is 17.3. The lowest BCUT2D eigenvalue weighted by molar-refractivity contribution is -0.000511. The highest BCUT2D eigenvalue weighted by molar-refractivity contribution is 7.17. The van der Waals surface area contributed by atoms with Gasteiger partial charge in [0.05, 0.1) is 16.1 Å². The highest BCUT2D eigenvalue weighted by Crippen LogP contribution is 2.43. The summed E-state index contributed by atoms with van der Waals surface area (Å²) in [5, 5.41) is 3.01. The van der Waals surface area contributed by atoms with Gasteiger partial charge in [0, 0.05) is 72.6 Å². The summed E-state index contributed by atoms with van der Waals surface area (Å²) in [6, 6.07) is 24.8. The molecule has 1 spiro atoms. The van der Waals surface area contributed by atoms with E-state index in [1.54, 1.807) is 53.6 Å². The number of ether oxygens (including phenoxy) is 1. The maximum atomic E-state index is 14.3. The molecule has 0 unspecified atom stereocenters. The maximum Gasteiger partial charge on any atom is 0.259 e. The second kappa shape index (κ2) is 13.5. The number of aryl methyl sites for hydroxylation is 1. The lowest BCUT2D eigenvalue weighted by Gasteiger charge is -2.53. The van der Waals surface area contributed by atoms with Crippen molar-refractivity contribution >= 4 is 46.1 Å². The number of nitrogens with one attached hydrogen (secondary N) is 1. The lowest BCUT2D eigenvalue weighted by Crippen LogP contribution is -2.59. The molecule has 0 bridgehead atoms. The molecule has 0 saturated carbocycles. The topological polar surface area (TPSA) is 91.8 Å². The van der Waals surface area contributed by atoms with Gasteiger partial charge in [-0.15, -0.1) is 11.3 Å². The Balaban J connectivity index is 0.974. The van der Waals surface area contributed by atoms with Crippen LogP contribution in [0.25, 0.3) is 10.4 Å². The summed E-state index contributed by atoms with van der Waals surface area (Å²) in [4.78, 5) is 50.9. The van der Waals surface area contributed by atoms with Crippen LogP contribution in [-0.4, -0.2) is 55.4 Å². The number of anilines is 3. The third kappa shape index (κ3) is 6.45. The first-order valence-corrected chi connectivity index (χ1v) is 18.1. The molecule has 2 fully saturated rings. The molecule has 3 aliphatic rings. The molecule has 10 heteroatoms. The molecule has 258 valence electrons. The molecule has 2 aromatic heterocycles. The minimum atomic E-state index is -0.387. The van der Waals surface area contributed by atoms with Crippen molar-refractivity contribution in [2.75, 3.05) is 48.0 Å². The van der Waals surface area contributed by atoms with Gasteiger partial charge < -0.3 is 19.9 Å². The number of hydrogen-bond acceptors (Lipinski definition) is 7. The van der Waals surface area contributed by atoms with Crippen LogP contribution in [0.1, 0.15) is 59.9 Å². The molecule has 0 aliphatic carbocycles. The molecule has 3 aliphatic heterocycles. The van der Waals surface area contributed by atoms with Gasteiger partial charge >= 0.3 is 0 Å². The predicted octanol–water partition coefficient (Wildman–Crippen LogP) is 7.76. The molecule has 5 heterocycles. The first kappa shape index (κ1) is 33.0. The number of halogens is 1. The fourth-order valence-electron chi connectivity index (χ4n) is 7.41. The van der Waals surface area contributed by atoms with Crippen molar-refractivity contribution in [2.45, 2.75) is 32.6 Å². The van der Waals surface area contributed by atoms with E-state index in [0.717, 1.165) is 66.4 Å². The summed E-state index contributed by atoms with van der Waals surface area (Å²) >= 11 is 1.39. The largest absolute Gasteiger partial charge is 0.381 e. The number of thiophene rings is 1. The summed E-state index contributed by atoms with van der Waals surface area (Å²) in [5.41, 5.74) is 5.77. The van der Waals surface area contributed by atoms with Gasteiger partial charge in [0.2, 0.25) is 0 Å². The SMILES string of the molecule is Cc1cnc(N2CC3(CCOCC3)C2)c(C(=O)Nc2ccc(C(=O)N3CCc4cc(C(=O)Cc5ccccc5F)sc4-c4ccccc43)cc2)c1. The van der Waals surface area contributed by atoms with Crippen molar-refractivity contribution in [3.63, 3.8) is 0 Å². The molecule has 3 aromatic carbocycles. The van der Waals surface area contributed by atoms with E-state index in [0.29, 0.717) is 46.0 Å². The van der Waals surface area contributed by atoms with Crippen LogP contribution in [0.4, 0.5) is 21.6 Å². The molecule has 2 saturated heterocycles. The maximum absolute atomic E-state index is 14.3. The number of amides is 2. The number of rotatable bonds is 7. The van der Waals surface area contributed by atoms with E-state index in [1.807, 2.05) is 43.3 Å². The smallest absolute Gasteiger partial charge is 0.259 e. The van der Waals surface area contributed by atoms with Crippen LogP contribution in [-0.2, 0) is 17.6 Å². The third-order valence-corrected chi connectivity index (χ3v) is 11.5. The average Bonchev–Trinajstić information content (AvgIpc) is 3.50. The number of aromatic nitrogens is 1. The zero-order chi connectivity index (χ0) is 35.1. The number of nitrogens with zero attached hydrogens (tertiary/aromatic N) is 3. The lowest BCUT2D eigenvalue weighted by atomic mass is 9.73. The monoisotopic (exact) mass is 700 g/mol. The minimum Gasteiger partial charge on any atom is -0.381 e. The van der Waals surface area contributed by atoms with Crippen molar-refractivity contribution in [3.05, 3.63) is 130 Å². The van der Waals surface area contributed by atoms with Crippen LogP contribution in [0, 0.1) is 18.2 Å². The number of benzene rings is 3. The molecule has 0 atom stereocenters. The van der Waals surface area contributed by atoms with E-state index >= 15 is 0 Å². The Labute approximate surface area is 299 Å². The fourth-order valence-corrected chi connectivity index (χ4v) is 8.59. The average molecular weight is 701 g/mol. The van der Waals surface area contributed by atoms with Gasteiger partial charge in [0.25, 0.3) is 11.8 Å². The van der Waals surface area contributed by atoms with Crippen molar-refractivity contribution < 1.29 is 23.5 Å². The van der Waals surface area contributed by atoms with E-state index in [4.69, 9.17) is 4.74 Å². The van der Waals surface area contributed by atoms with Crippen LogP contribution in [0.2, 0.25) is 0 Å². The van der Waals surface area contributed by atoms with Gasteiger partial charge in [-0.25, -0.2) is 9.37 Å². The Morgan fingerprint density at radius 1 is 0.961 bits per heavy atom. The van der Waals surface area contributed by atoms with Crippen molar-refractivity contribution in [2.24, 2.45) is 5.41 Å². The first-order chi connectivity index (χ1) is 24.8. The molecule has 0 radical (unpaired) electrons. The number of fused-ring (bicyclic) bond motifs is 3. The highest BCUT2D eigenvalue weighted by Gasteiger charge is 2.45. The Morgan fingerprint density at radius 2 is 1.71 bits per heavy atom. The summed E-state index contributed by atoms with van der Waals surface area (Å²) in [5.74, 6) is -0.224. The van der Waals surface area contributed by atoms with E-state index in [1.165, 1.54) is 17.4 Å². The Hall–Kier alpha value is -5.19. The minimum absolute atomic E-state index is 0.00687. The highest BCUT2D eigenvalue weighted by atomic mass is 32.1. The van der Waals surface area contributed by atoms with Crippen LogP contribution >= 0.6 is 11.3 Å². The van der Waals surface area contributed by atoms with Crippen LogP contribution < -0.4 is 15.1 Å². The van der Waals surface area contributed by atoms with Gasteiger partial charge in [-0.1, -0.05) is 36.4 Å². The van der Waals surface area contributed by atoms with Crippen molar-refractivity contribution in [1.29, 1.82) is 0 Å². The summed E-state index contributed by atoms with van der Waals surface area (Å²) in [7, 11) is 0. The quantitative estimate of drug-likeness (QED) is 0.175. The van der Waals surface area contributed by atoms with E-state index in [2.05, 4.69) is 15.2 Å². The van der Waals surface area contributed by atoms with Crippen LogP contribution in [0.15, 0.2) is 91.1 Å². The molecule has 5 aromatic rings. The normalized spacial score (nSPS) is 16.1. The van der Waals surface area contributed by atoms with E-state index < -0.39 is 0 Å². The van der Waals surface area contributed by atoms with Gasteiger partial charge in [0.15, 0.2) is 5.78 Å². The molecular weight excluding hydrogens is 664 g/mol. The number of carbonyl (C=O) groups excluding carboxylic acids is 3. The molecule has 8 rings (SSSR count). The standard InChI is InChI=1S/C41H37FN4O4S/c1-26-20-32(38(43-23-26)45-24-41(25-45)15-18-50-19-16-41)39(48)44-30-12-10-27(11-13-30)40(49)46-17-14-29-22-36(35(47)21-28-6-2-4-8-33(28)42)51-37(29)31-7-3-5-9-34(31)46/h2-13,20,22-23H,14-19,21,24-25H2,1H3,(H,44,48). The summed E-state index contributed by atoms with van der Waals surface area (Å²) in [6.45, 7) is 5.65. The predicted molar refractivity (Wildman–Crippen MR) is 198 cm³/mol. The second-order valence-corrected chi connectivity index (χ2v) is 14.8. The summed E-state index contributed by atoms with van der Waals surface area (Å²) < 4.78 is 19.8. The molecular formula is C41H37FN4O4S. The number of pyridine rings is 1. The number of hydrogen-bond donors (Lipinski definition) is 1. The molecule has 8 nitrogen and oxygen atoms in total. The number of ketones is 1. The number of carbonyl (C=O) groups is 3. The molecule has 51 heavy (non-hydrogen) atoms. The van der Waals surface area contributed by atoms with Crippen molar-refractivity contribution in [3.8, 4) is 10.4 Å². The van der Waals surface area contributed by atoms with Gasteiger partial charge in [-0.3, -0.25) is 14.4 Å². The summed E-state index contributed by atoms with van der Waals surface area (Å²) in [6.07, 6.45) is 4.41. The molecule has 1 N–H and O–H groups in total. The second-order valence-electron chi connectivity index (χ2n) is 13.8. The number of para-hydroxylation sites is 1. The van der Waals surface area contributed by atoms with Crippen LogP contribution in [0.3, 0.4) is 0 Å². The van der Waals surface area contributed by atoms with Crippen LogP contribution in [0.5, 0.6) is 0 Å². The Morgan fingerprint density at radius 3 is 2.49 bits per heavy atom. The fraction of sp³-hybridized carbons (Fsp3) is 0.268. The zero-order valence-corrected chi connectivity index (χ0v) is 29.1. The zero-order valence-electron chi connectivity index (χ0n) is 28.3. The Kier molecular flexibility index (Phi) is 8.73. The van der Waals surface area contributed by atoms with Gasteiger partial charge in [-0.05, 0) is 91.4 Å².